The molecule has 136 valence electrons. The number of nitrogens with zero attached hydrogens (tertiary/aromatic N) is 3. The van der Waals surface area contributed by atoms with Crippen molar-refractivity contribution in [2.45, 2.75) is 6.54 Å². The molecule has 1 aromatic carbocycles. The molecule has 0 fully saturated rings. The first-order valence-corrected chi connectivity index (χ1v) is 7.99. The molecule has 0 saturated heterocycles. The summed E-state index contributed by atoms with van der Waals surface area (Å²) in [4.78, 5) is 26.9. The lowest BCUT2D eigenvalue weighted by Crippen LogP contribution is -2.11. The zero-order chi connectivity index (χ0) is 19.3. The third-order valence-electron chi connectivity index (χ3n) is 3.42. The number of carboxylic acid groups (broad SMARTS) is 2. The highest BCUT2D eigenvalue weighted by molar-refractivity contribution is 6.29. The fourth-order valence-electron chi connectivity index (χ4n) is 2.44. The number of hydrogen-bond acceptors (Lipinski definition) is 4. The van der Waals surface area contributed by atoms with Gasteiger partial charge in [0, 0.05) is 24.5 Å². The summed E-state index contributed by atoms with van der Waals surface area (Å²) in [6.07, 6.45) is -0.102. The molecule has 2 heterocycles. The summed E-state index contributed by atoms with van der Waals surface area (Å²) in [7, 11) is 4.07. The quantitative estimate of drug-likeness (QED) is 0.682. The monoisotopic (exact) mass is 375 g/mol. The van der Waals surface area contributed by atoms with Gasteiger partial charge in [-0.1, -0.05) is 23.7 Å². The molecule has 7 nitrogen and oxygen atoms in total. The van der Waals surface area contributed by atoms with Gasteiger partial charge in [0.1, 0.15) is 10.8 Å². The number of halogens is 1. The van der Waals surface area contributed by atoms with Crippen molar-refractivity contribution in [3.05, 3.63) is 69.6 Å². The van der Waals surface area contributed by atoms with Crippen LogP contribution in [0.5, 0.6) is 0 Å². The van der Waals surface area contributed by atoms with Crippen LogP contribution in [0, 0.1) is 0 Å². The first-order chi connectivity index (χ1) is 12.3. The van der Waals surface area contributed by atoms with E-state index in [0.717, 1.165) is 12.2 Å². The molecule has 0 aliphatic rings. The summed E-state index contributed by atoms with van der Waals surface area (Å²) in [6.45, 7) is 0.884. The van der Waals surface area contributed by atoms with Gasteiger partial charge in [0.05, 0.1) is 5.39 Å². The van der Waals surface area contributed by atoms with Crippen molar-refractivity contribution in [1.29, 1.82) is 0 Å². The molecule has 8 heteroatoms. The van der Waals surface area contributed by atoms with Gasteiger partial charge in [-0.3, -0.25) is 4.79 Å². The number of rotatable bonds is 3. The largest absolute Gasteiger partial charge is 0.503 e. The minimum absolute atomic E-state index is 0.0559. The number of carbonyl (C=O) groups is 1. The van der Waals surface area contributed by atoms with E-state index in [-0.39, 0.29) is 5.43 Å². The molecule has 0 radical (unpaired) electrons. The topological polar surface area (TPSA) is 95.7 Å². The van der Waals surface area contributed by atoms with Crippen LogP contribution in [0.25, 0.3) is 16.7 Å². The van der Waals surface area contributed by atoms with Crippen molar-refractivity contribution in [2.24, 2.45) is 0 Å². The predicted octanol–water partition coefficient (Wildman–Crippen LogP) is 3.32. The lowest BCUT2D eigenvalue weighted by atomic mass is 10.2. The maximum atomic E-state index is 11.9. The molecule has 0 unspecified atom stereocenters. The molecule has 0 aliphatic heterocycles. The lowest BCUT2D eigenvalue weighted by molar-refractivity contribution is 0.137. The van der Waals surface area contributed by atoms with Gasteiger partial charge in [-0.15, -0.1) is 0 Å². The Morgan fingerprint density at radius 3 is 2.31 bits per heavy atom. The molecule has 0 spiro atoms. The van der Waals surface area contributed by atoms with Crippen molar-refractivity contribution in [1.82, 2.24) is 14.5 Å². The second-order valence-corrected chi connectivity index (χ2v) is 6.13. The van der Waals surface area contributed by atoms with Gasteiger partial charge in [0.25, 0.3) is 0 Å². The number of fused-ring (bicyclic) bond motifs is 1. The molecule has 26 heavy (non-hydrogen) atoms. The number of hydrogen-bond donors (Lipinski definition) is 2. The van der Waals surface area contributed by atoms with Crippen molar-refractivity contribution >= 4 is 28.8 Å². The van der Waals surface area contributed by atoms with Gasteiger partial charge < -0.3 is 19.7 Å². The number of aromatic nitrogens is 2. The third-order valence-corrected chi connectivity index (χ3v) is 3.63. The van der Waals surface area contributed by atoms with E-state index in [0.29, 0.717) is 16.2 Å². The summed E-state index contributed by atoms with van der Waals surface area (Å²) < 4.78 is 1.88. The normalized spacial score (nSPS) is 10.5. The van der Waals surface area contributed by atoms with Gasteiger partial charge in [-0.2, -0.15) is 0 Å². The van der Waals surface area contributed by atoms with E-state index in [2.05, 4.69) is 22.0 Å². The number of pyridine rings is 2. The molecule has 3 rings (SSSR count). The molecule has 2 aromatic heterocycles. The first-order valence-electron chi connectivity index (χ1n) is 7.62. The van der Waals surface area contributed by atoms with E-state index >= 15 is 0 Å². The van der Waals surface area contributed by atoms with Crippen LogP contribution in [0.1, 0.15) is 5.56 Å². The highest BCUT2D eigenvalue weighted by Crippen LogP contribution is 2.17. The fraction of sp³-hybridized carbons (Fsp3) is 0.167. The van der Waals surface area contributed by atoms with Crippen LogP contribution >= 0.6 is 11.6 Å². The Kier molecular flexibility index (Phi) is 6.32. The fourth-order valence-corrected chi connectivity index (χ4v) is 2.58. The molecular weight excluding hydrogens is 358 g/mol. The minimum Gasteiger partial charge on any atom is -0.450 e. The van der Waals surface area contributed by atoms with Crippen LogP contribution in [-0.2, 0) is 6.54 Å². The van der Waals surface area contributed by atoms with Crippen LogP contribution in [0.4, 0.5) is 4.79 Å². The van der Waals surface area contributed by atoms with E-state index in [4.69, 9.17) is 26.6 Å². The zero-order valence-corrected chi connectivity index (χ0v) is 15.0. The smallest absolute Gasteiger partial charge is 0.450 e. The van der Waals surface area contributed by atoms with E-state index in [1.54, 1.807) is 24.4 Å². The predicted molar refractivity (Wildman–Crippen MR) is 100 cm³/mol. The molecule has 0 aliphatic carbocycles. The van der Waals surface area contributed by atoms with Crippen LogP contribution in [0.15, 0.2) is 53.5 Å². The molecule has 0 atom stereocenters. The Bertz CT molecular complexity index is 964. The molecule has 0 saturated carbocycles. The van der Waals surface area contributed by atoms with E-state index in [9.17, 15) is 4.79 Å². The van der Waals surface area contributed by atoms with Gasteiger partial charge >= 0.3 is 6.16 Å². The Hall–Kier alpha value is -2.90. The average Bonchev–Trinajstić information content (AvgIpc) is 2.55. The summed E-state index contributed by atoms with van der Waals surface area (Å²) in [6, 6.07) is 13.1. The average molecular weight is 376 g/mol. The minimum atomic E-state index is -1.83. The highest BCUT2D eigenvalue weighted by Gasteiger charge is 2.07. The lowest BCUT2D eigenvalue weighted by Gasteiger charge is -2.12. The second-order valence-electron chi connectivity index (χ2n) is 5.74. The summed E-state index contributed by atoms with van der Waals surface area (Å²) in [5, 5.41) is 14.9. The molecule has 3 aromatic rings. The molecule has 0 amide bonds. The van der Waals surface area contributed by atoms with Gasteiger partial charge in [-0.25, -0.2) is 9.78 Å². The molecule has 0 bridgehead atoms. The standard InChI is InChI=1S/C17H16ClN3O.CH2O3/c1-20(2)11-12-3-5-13(6-4-12)21-10-9-15(22)14-7-8-16(18)19-17(14)21;2-1(3)4/h3-10H,11H2,1-2H3;(H2,2,3,4). The van der Waals surface area contributed by atoms with Crippen LogP contribution < -0.4 is 5.43 Å². The van der Waals surface area contributed by atoms with Gasteiger partial charge in [0.15, 0.2) is 5.43 Å². The van der Waals surface area contributed by atoms with Gasteiger partial charge in [-0.05, 0) is 43.9 Å². The van der Waals surface area contributed by atoms with Gasteiger partial charge in [0.2, 0.25) is 0 Å². The Morgan fingerprint density at radius 1 is 1.12 bits per heavy atom. The SMILES string of the molecule is CN(C)Cc1ccc(-n2ccc(=O)c3ccc(Cl)nc32)cc1.O=C(O)O. The van der Waals surface area contributed by atoms with Crippen LogP contribution in [-0.4, -0.2) is 44.9 Å². The van der Waals surface area contributed by atoms with Crippen LogP contribution in [0.3, 0.4) is 0 Å². The number of benzene rings is 1. The summed E-state index contributed by atoms with van der Waals surface area (Å²) >= 11 is 5.98. The van der Waals surface area contributed by atoms with Crippen molar-refractivity contribution in [2.75, 3.05) is 14.1 Å². The Labute approximate surface area is 154 Å². The van der Waals surface area contributed by atoms with Crippen molar-refractivity contribution in [3.8, 4) is 5.69 Å². The Morgan fingerprint density at radius 2 is 1.73 bits per heavy atom. The zero-order valence-electron chi connectivity index (χ0n) is 14.3. The van der Waals surface area contributed by atoms with E-state index < -0.39 is 6.16 Å². The first kappa shape index (κ1) is 19.4. The van der Waals surface area contributed by atoms with Crippen LogP contribution in [0.2, 0.25) is 5.15 Å². The molecule has 2 N–H and O–H groups in total. The maximum Gasteiger partial charge on any atom is 0.503 e. The summed E-state index contributed by atoms with van der Waals surface area (Å²) in [5.74, 6) is 0. The maximum absolute atomic E-state index is 11.9. The third kappa shape index (κ3) is 5.05. The summed E-state index contributed by atoms with van der Waals surface area (Å²) in [5.41, 5.74) is 2.69. The second kappa shape index (κ2) is 8.46. The van der Waals surface area contributed by atoms with Crippen molar-refractivity contribution in [3.63, 3.8) is 0 Å². The highest BCUT2D eigenvalue weighted by atomic mass is 35.5. The molecular formula is C18H18ClN3O4. The Balaban J connectivity index is 0.000000552. The van der Waals surface area contributed by atoms with E-state index in [1.165, 1.54) is 5.56 Å². The van der Waals surface area contributed by atoms with Crippen molar-refractivity contribution < 1.29 is 15.0 Å². The van der Waals surface area contributed by atoms with E-state index in [1.807, 2.05) is 30.8 Å².